The largest absolute Gasteiger partial charge is 0.478 e. The Balaban J connectivity index is 1.39. The molecule has 2 aliphatic rings. The molecule has 0 amide bonds. The highest BCUT2D eigenvalue weighted by atomic mass is 16.5. The summed E-state index contributed by atoms with van der Waals surface area (Å²) in [4.78, 5) is 13.7. The number of aliphatic imine (C=N–C) groups is 1. The Kier molecular flexibility index (Phi) is 6.81. The van der Waals surface area contributed by atoms with Crippen molar-refractivity contribution in [3.63, 3.8) is 0 Å². The standard InChI is InChI=1S/C23H31N5O2/c1-3-29-22-19(10-7-11-25-22)14-26-23(24-2)28-16-20-21(17-28)30-13-12-27(20)15-18-8-5-4-6-9-18/h4-11,20-21H,3,12-17H2,1-2H3,(H,24,26). The number of benzene rings is 1. The predicted octanol–water partition coefficient (Wildman–Crippen LogP) is 2.14. The molecule has 1 N–H and O–H groups in total. The van der Waals surface area contributed by atoms with Crippen molar-refractivity contribution in [3.05, 3.63) is 59.8 Å². The zero-order chi connectivity index (χ0) is 20.8. The van der Waals surface area contributed by atoms with E-state index in [-0.39, 0.29) is 6.10 Å². The van der Waals surface area contributed by atoms with E-state index >= 15 is 0 Å². The van der Waals surface area contributed by atoms with Gasteiger partial charge in [0.15, 0.2) is 5.96 Å². The molecule has 3 heterocycles. The maximum Gasteiger partial charge on any atom is 0.218 e. The lowest BCUT2D eigenvalue weighted by molar-refractivity contribution is -0.0502. The molecule has 0 bridgehead atoms. The number of guanidine groups is 1. The van der Waals surface area contributed by atoms with Crippen molar-refractivity contribution in [1.82, 2.24) is 20.1 Å². The van der Waals surface area contributed by atoms with Gasteiger partial charge in [-0.2, -0.15) is 0 Å². The molecule has 2 aromatic rings. The number of rotatable bonds is 6. The lowest BCUT2D eigenvalue weighted by atomic mass is 10.1. The molecule has 160 valence electrons. The van der Waals surface area contributed by atoms with Gasteiger partial charge in [0.2, 0.25) is 5.88 Å². The zero-order valence-electron chi connectivity index (χ0n) is 17.8. The van der Waals surface area contributed by atoms with Crippen molar-refractivity contribution in [2.24, 2.45) is 4.99 Å². The van der Waals surface area contributed by atoms with Crippen LogP contribution in [0.15, 0.2) is 53.7 Å². The Morgan fingerprint density at radius 1 is 1.23 bits per heavy atom. The molecule has 2 fully saturated rings. The van der Waals surface area contributed by atoms with Gasteiger partial charge in [0.25, 0.3) is 0 Å². The summed E-state index contributed by atoms with van der Waals surface area (Å²) in [5, 5.41) is 3.48. The molecule has 2 unspecified atom stereocenters. The van der Waals surface area contributed by atoms with Crippen LogP contribution in [-0.2, 0) is 17.8 Å². The lowest BCUT2D eigenvalue weighted by Gasteiger charge is -2.36. The minimum atomic E-state index is 0.207. The Hall–Kier alpha value is -2.64. The molecule has 1 aromatic heterocycles. The first-order valence-corrected chi connectivity index (χ1v) is 10.7. The van der Waals surface area contributed by atoms with Crippen LogP contribution in [0.4, 0.5) is 0 Å². The topological polar surface area (TPSA) is 62.2 Å². The van der Waals surface area contributed by atoms with Crippen LogP contribution in [0.5, 0.6) is 5.88 Å². The number of morpholine rings is 1. The molecular formula is C23H31N5O2. The number of pyridine rings is 1. The molecule has 0 saturated carbocycles. The van der Waals surface area contributed by atoms with E-state index in [4.69, 9.17) is 9.47 Å². The number of aromatic nitrogens is 1. The Labute approximate surface area is 178 Å². The molecule has 7 heteroatoms. The third-order valence-electron chi connectivity index (χ3n) is 5.72. The lowest BCUT2D eigenvalue weighted by Crippen LogP contribution is -2.50. The van der Waals surface area contributed by atoms with Crippen molar-refractivity contribution in [1.29, 1.82) is 0 Å². The molecule has 4 rings (SSSR count). The highest BCUT2D eigenvalue weighted by Gasteiger charge is 2.41. The van der Waals surface area contributed by atoms with Crippen LogP contribution >= 0.6 is 0 Å². The molecular weight excluding hydrogens is 378 g/mol. The molecule has 30 heavy (non-hydrogen) atoms. The monoisotopic (exact) mass is 409 g/mol. The van der Waals surface area contributed by atoms with E-state index < -0.39 is 0 Å². The smallest absolute Gasteiger partial charge is 0.218 e. The van der Waals surface area contributed by atoms with Gasteiger partial charge in [0.1, 0.15) is 0 Å². The van der Waals surface area contributed by atoms with E-state index in [1.54, 1.807) is 6.20 Å². The minimum absolute atomic E-state index is 0.207. The molecule has 0 radical (unpaired) electrons. The highest BCUT2D eigenvalue weighted by Crippen LogP contribution is 2.25. The van der Waals surface area contributed by atoms with Crippen LogP contribution in [-0.4, -0.2) is 72.8 Å². The first kappa shape index (κ1) is 20.6. The molecule has 7 nitrogen and oxygen atoms in total. The van der Waals surface area contributed by atoms with E-state index in [0.29, 0.717) is 25.1 Å². The van der Waals surface area contributed by atoms with E-state index in [1.807, 2.05) is 26.1 Å². The molecule has 2 saturated heterocycles. The van der Waals surface area contributed by atoms with Gasteiger partial charge < -0.3 is 19.7 Å². The number of fused-ring (bicyclic) bond motifs is 1. The third-order valence-corrected chi connectivity index (χ3v) is 5.72. The van der Waals surface area contributed by atoms with Crippen LogP contribution in [0.1, 0.15) is 18.1 Å². The highest BCUT2D eigenvalue weighted by molar-refractivity contribution is 5.80. The summed E-state index contributed by atoms with van der Waals surface area (Å²) in [5.74, 6) is 1.56. The Morgan fingerprint density at radius 2 is 2.10 bits per heavy atom. The van der Waals surface area contributed by atoms with E-state index in [9.17, 15) is 0 Å². The van der Waals surface area contributed by atoms with Gasteiger partial charge in [-0.05, 0) is 18.6 Å². The van der Waals surface area contributed by atoms with Crippen LogP contribution in [0.2, 0.25) is 0 Å². The molecule has 1 aromatic carbocycles. The molecule has 2 atom stereocenters. The average molecular weight is 410 g/mol. The Bertz CT molecular complexity index is 844. The van der Waals surface area contributed by atoms with Gasteiger partial charge in [-0.15, -0.1) is 0 Å². The average Bonchev–Trinajstić information content (AvgIpc) is 3.21. The summed E-state index contributed by atoms with van der Waals surface area (Å²) >= 11 is 0. The van der Waals surface area contributed by atoms with Gasteiger partial charge in [0.05, 0.1) is 25.4 Å². The summed E-state index contributed by atoms with van der Waals surface area (Å²) in [6, 6.07) is 15.0. The number of nitrogens with one attached hydrogen (secondary N) is 1. The second-order valence-electron chi connectivity index (χ2n) is 7.64. The van der Waals surface area contributed by atoms with Gasteiger partial charge in [0, 0.05) is 51.5 Å². The second-order valence-corrected chi connectivity index (χ2v) is 7.64. The van der Waals surface area contributed by atoms with E-state index in [2.05, 4.69) is 55.4 Å². The van der Waals surface area contributed by atoms with E-state index in [0.717, 1.165) is 44.3 Å². The van der Waals surface area contributed by atoms with Crippen molar-refractivity contribution in [2.75, 3.05) is 39.9 Å². The van der Waals surface area contributed by atoms with Crippen LogP contribution < -0.4 is 10.1 Å². The fourth-order valence-electron chi connectivity index (χ4n) is 4.28. The number of ether oxygens (including phenoxy) is 2. The van der Waals surface area contributed by atoms with Crippen molar-refractivity contribution < 1.29 is 9.47 Å². The summed E-state index contributed by atoms with van der Waals surface area (Å²) in [7, 11) is 1.83. The number of likely N-dealkylation sites (tertiary alicyclic amines) is 1. The van der Waals surface area contributed by atoms with Crippen molar-refractivity contribution >= 4 is 5.96 Å². The van der Waals surface area contributed by atoms with Crippen molar-refractivity contribution in [2.45, 2.75) is 32.2 Å². The maximum absolute atomic E-state index is 6.11. The van der Waals surface area contributed by atoms with Gasteiger partial charge in [-0.25, -0.2) is 4.98 Å². The molecule has 0 spiro atoms. The summed E-state index contributed by atoms with van der Waals surface area (Å²) in [6.45, 7) is 7.64. The molecule has 0 aliphatic carbocycles. The normalized spacial score (nSPS) is 22.1. The summed E-state index contributed by atoms with van der Waals surface area (Å²) < 4.78 is 11.8. The Morgan fingerprint density at radius 3 is 2.90 bits per heavy atom. The van der Waals surface area contributed by atoms with Gasteiger partial charge in [-0.3, -0.25) is 9.89 Å². The fourth-order valence-corrected chi connectivity index (χ4v) is 4.28. The van der Waals surface area contributed by atoms with Gasteiger partial charge in [-0.1, -0.05) is 36.4 Å². The third kappa shape index (κ3) is 4.74. The molecule has 2 aliphatic heterocycles. The second kappa shape index (κ2) is 9.91. The van der Waals surface area contributed by atoms with E-state index in [1.165, 1.54) is 5.56 Å². The number of hydrogen-bond acceptors (Lipinski definition) is 5. The van der Waals surface area contributed by atoms with Crippen LogP contribution in [0, 0.1) is 0 Å². The zero-order valence-corrected chi connectivity index (χ0v) is 17.8. The van der Waals surface area contributed by atoms with Crippen molar-refractivity contribution in [3.8, 4) is 5.88 Å². The predicted molar refractivity (Wildman–Crippen MR) is 118 cm³/mol. The van der Waals surface area contributed by atoms with Crippen LogP contribution in [0.3, 0.4) is 0 Å². The summed E-state index contributed by atoms with van der Waals surface area (Å²) in [5.41, 5.74) is 2.37. The van der Waals surface area contributed by atoms with Crippen LogP contribution in [0.25, 0.3) is 0 Å². The maximum atomic E-state index is 6.11. The first-order chi connectivity index (χ1) is 14.8. The minimum Gasteiger partial charge on any atom is -0.478 e. The fraction of sp³-hybridized carbons (Fsp3) is 0.478. The quantitative estimate of drug-likeness (QED) is 0.583. The summed E-state index contributed by atoms with van der Waals surface area (Å²) in [6.07, 6.45) is 1.96. The van der Waals surface area contributed by atoms with Gasteiger partial charge >= 0.3 is 0 Å². The first-order valence-electron chi connectivity index (χ1n) is 10.7. The SMILES string of the molecule is CCOc1ncccc1CNC(=NC)N1CC2OCCN(Cc3ccccc3)C2C1. The number of hydrogen-bond donors (Lipinski definition) is 1. The number of nitrogens with zero attached hydrogens (tertiary/aromatic N) is 4.